The van der Waals surface area contributed by atoms with Crippen LogP contribution >= 0.6 is 11.8 Å². The zero-order valence-electron chi connectivity index (χ0n) is 16.3. The summed E-state index contributed by atoms with van der Waals surface area (Å²) in [4.78, 5) is 38.1. The average molecular weight is 426 g/mol. The molecule has 156 valence electrons. The Morgan fingerprint density at radius 3 is 2.87 bits per heavy atom. The van der Waals surface area contributed by atoms with Crippen LogP contribution in [0.1, 0.15) is 22.1 Å². The quantitative estimate of drug-likeness (QED) is 0.683. The Kier molecular flexibility index (Phi) is 6.23. The van der Waals surface area contributed by atoms with Gasteiger partial charge in [0.2, 0.25) is 11.8 Å². The maximum atomic E-state index is 12.3. The molecule has 8 heteroatoms. The first-order valence-corrected chi connectivity index (χ1v) is 10.8. The van der Waals surface area contributed by atoms with Gasteiger partial charge in [-0.15, -0.1) is 11.8 Å². The summed E-state index contributed by atoms with van der Waals surface area (Å²) >= 11 is 1.49. The van der Waals surface area contributed by atoms with Crippen molar-refractivity contribution in [2.75, 3.05) is 25.4 Å². The predicted molar refractivity (Wildman–Crippen MR) is 112 cm³/mol. The van der Waals surface area contributed by atoms with Gasteiger partial charge in [-0.25, -0.2) is 0 Å². The summed E-state index contributed by atoms with van der Waals surface area (Å²) < 4.78 is 10.7. The summed E-state index contributed by atoms with van der Waals surface area (Å²) in [5.41, 5.74) is 2.97. The Hall–Kier alpha value is -3.00. The van der Waals surface area contributed by atoms with E-state index in [1.54, 1.807) is 4.90 Å². The molecular formula is C22H22N2O5S. The molecule has 1 unspecified atom stereocenters. The van der Waals surface area contributed by atoms with E-state index in [0.29, 0.717) is 12.4 Å². The lowest BCUT2D eigenvalue weighted by molar-refractivity contribution is -0.145. The molecule has 0 radical (unpaired) electrons. The van der Waals surface area contributed by atoms with Gasteiger partial charge in [0.05, 0.1) is 12.4 Å². The number of amides is 2. The number of hydrogen-bond acceptors (Lipinski definition) is 6. The van der Waals surface area contributed by atoms with Gasteiger partial charge in [-0.1, -0.05) is 36.4 Å². The van der Waals surface area contributed by atoms with Crippen LogP contribution < -0.4 is 10.1 Å². The van der Waals surface area contributed by atoms with Crippen molar-refractivity contribution in [2.45, 2.75) is 18.4 Å². The molecule has 0 bridgehead atoms. The highest BCUT2D eigenvalue weighted by atomic mass is 32.2. The highest BCUT2D eigenvalue weighted by Gasteiger charge is 2.34. The van der Waals surface area contributed by atoms with Gasteiger partial charge < -0.3 is 19.7 Å². The molecule has 4 rings (SSSR count). The number of carbonyl (C=O) groups excluding carboxylic acids is 3. The van der Waals surface area contributed by atoms with Gasteiger partial charge in [-0.3, -0.25) is 14.4 Å². The minimum atomic E-state index is -0.524. The molecule has 7 nitrogen and oxygen atoms in total. The summed E-state index contributed by atoms with van der Waals surface area (Å²) in [5, 5.41) is 2.32. The predicted octanol–water partition coefficient (Wildman–Crippen LogP) is 2.06. The third-order valence-corrected chi connectivity index (χ3v) is 6.21. The Balaban J connectivity index is 1.29. The van der Waals surface area contributed by atoms with Crippen LogP contribution in [0.4, 0.5) is 0 Å². The van der Waals surface area contributed by atoms with Crippen molar-refractivity contribution in [3.8, 4) is 5.75 Å². The fourth-order valence-corrected chi connectivity index (χ4v) is 4.61. The number of hydrogen-bond donors (Lipinski definition) is 1. The van der Waals surface area contributed by atoms with Gasteiger partial charge in [0, 0.05) is 6.42 Å². The molecule has 1 atom stereocenters. The average Bonchev–Trinajstić information content (AvgIpc) is 3.37. The van der Waals surface area contributed by atoms with Gasteiger partial charge in [-0.2, -0.15) is 0 Å². The first-order chi connectivity index (χ1) is 14.6. The third kappa shape index (κ3) is 4.76. The van der Waals surface area contributed by atoms with Crippen LogP contribution in [0.3, 0.4) is 0 Å². The molecule has 2 aliphatic rings. The van der Waals surface area contributed by atoms with Crippen molar-refractivity contribution in [1.82, 2.24) is 10.2 Å². The third-order valence-electron chi connectivity index (χ3n) is 4.95. The molecular weight excluding hydrogens is 404 g/mol. The summed E-state index contributed by atoms with van der Waals surface area (Å²) in [6.45, 7) is 0.487. The molecule has 1 N–H and O–H groups in total. The lowest BCUT2D eigenvalue weighted by Gasteiger charge is -2.24. The van der Waals surface area contributed by atoms with Crippen molar-refractivity contribution < 1.29 is 23.9 Å². The van der Waals surface area contributed by atoms with E-state index in [1.807, 2.05) is 48.5 Å². The normalized spacial score (nSPS) is 17.4. The zero-order valence-corrected chi connectivity index (χ0v) is 17.2. The number of fused-ring (bicyclic) bond motifs is 1. The summed E-state index contributed by atoms with van der Waals surface area (Å²) in [7, 11) is 0. The Labute approximate surface area is 178 Å². The van der Waals surface area contributed by atoms with E-state index in [0.717, 1.165) is 28.9 Å². The molecule has 30 heavy (non-hydrogen) atoms. The van der Waals surface area contributed by atoms with E-state index in [2.05, 4.69) is 5.32 Å². The molecule has 2 aliphatic heterocycles. The van der Waals surface area contributed by atoms with E-state index in [-0.39, 0.29) is 31.0 Å². The topological polar surface area (TPSA) is 84.9 Å². The molecule has 1 fully saturated rings. The second-order valence-corrected chi connectivity index (χ2v) is 8.14. The number of ether oxygens (including phenoxy) is 2. The van der Waals surface area contributed by atoms with Crippen LogP contribution in [0.5, 0.6) is 5.75 Å². The standard InChI is InChI=1S/C22H22N2O5S/c25-19(23-11-21(27)29-13-15-4-2-1-3-5-15)12-24-20(26)14-30-22(24)17-6-7-18-16(10-17)8-9-28-18/h1-7,10,22H,8-9,11-14H2,(H,23,25). The number of rotatable bonds is 7. The fraction of sp³-hybridized carbons (Fsp3) is 0.318. The summed E-state index contributed by atoms with van der Waals surface area (Å²) in [6, 6.07) is 15.2. The van der Waals surface area contributed by atoms with Gasteiger partial charge in [0.1, 0.15) is 30.8 Å². The lowest BCUT2D eigenvalue weighted by atomic mass is 10.1. The minimum absolute atomic E-state index is 0.0939. The minimum Gasteiger partial charge on any atom is -0.493 e. The number of thioether (sulfide) groups is 1. The van der Waals surface area contributed by atoms with Crippen LogP contribution in [-0.2, 0) is 32.1 Å². The second kappa shape index (κ2) is 9.21. The molecule has 2 aromatic carbocycles. The van der Waals surface area contributed by atoms with Crippen molar-refractivity contribution in [2.24, 2.45) is 0 Å². The van der Waals surface area contributed by atoms with Crippen LogP contribution in [-0.4, -0.2) is 48.1 Å². The number of benzene rings is 2. The van der Waals surface area contributed by atoms with E-state index < -0.39 is 11.9 Å². The maximum Gasteiger partial charge on any atom is 0.325 e. The first kappa shape index (κ1) is 20.3. The SMILES string of the molecule is O=C(CN1C(=O)CSC1c1ccc2c(c1)CCO2)NCC(=O)OCc1ccccc1. The molecule has 2 aromatic rings. The monoisotopic (exact) mass is 426 g/mol. The van der Waals surface area contributed by atoms with Crippen molar-refractivity contribution in [3.05, 3.63) is 65.2 Å². The van der Waals surface area contributed by atoms with E-state index >= 15 is 0 Å². The Morgan fingerprint density at radius 2 is 2.03 bits per heavy atom. The lowest BCUT2D eigenvalue weighted by Crippen LogP contribution is -2.41. The van der Waals surface area contributed by atoms with Crippen LogP contribution in [0.15, 0.2) is 48.5 Å². The van der Waals surface area contributed by atoms with Gasteiger partial charge in [0.15, 0.2) is 0 Å². The number of nitrogens with one attached hydrogen (secondary N) is 1. The van der Waals surface area contributed by atoms with E-state index in [4.69, 9.17) is 9.47 Å². The molecule has 1 saturated heterocycles. The Bertz CT molecular complexity index is 950. The highest BCUT2D eigenvalue weighted by molar-refractivity contribution is 8.00. The van der Waals surface area contributed by atoms with Crippen molar-refractivity contribution >= 4 is 29.5 Å². The van der Waals surface area contributed by atoms with Gasteiger partial charge >= 0.3 is 5.97 Å². The number of carbonyl (C=O) groups is 3. The molecule has 0 saturated carbocycles. The van der Waals surface area contributed by atoms with Crippen LogP contribution in [0.2, 0.25) is 0 Å². The van der Waals surface area contributed by atoms with Gasteiger partial charge in [-0.05, 0) is 28.8 Å². The number of esters is 1. The van der Waals surface area contributed by atoms with Crippen molar-refractivity contribution in [1.29, 1.82) is 0 Å². The number of nitrogens with zero attached hydrogens (tertiary/aromatic N) is 1. The molecule has 0 spiro atoms. The van der Waals surface area contributed by atoms with Crippen molar-refractivity contribution in [3.63, 3.8) is 0 Å². The van der Waals surface area contributed by atoms with Gasteiger partial charge in [0.25, 0.3) is 0 Å². The van der Waals surface area contributed by atoms with Crippen LogP contribution in [0.25, 0.3) is 0 Å². The maximum absolute atomic E-state index is 12.3. The van der Waals surface area contributed by atoms with Crippen LogP contribution in [0, 0.1) is 0 Å². The molecule has 2 amide bonds. The highest BCUT2D eigenvalue weighted by Crippen LogP contribution is 2.40. The Morgan fingerprint density at radius 1 is 1.20 bits per heavy atom. The second-order valence-electron chi connectivity index (χ2n) is 7.07. The molecule has 0 aromatic heterocycles. The van der Waals surface area contributed by atoms with E-state index in [9.17, 15) is 14.4 Å². The van der Waals surface area contributed by atoms with E-state index in [1.165, 1.54) is 11.8 Å². The summed E-state index contributed by atoms with van der Waals surface area (Å²) in [6.07, 6.45) is 0.847. The molecule has 0 aliphatic carbocycles. The largest absolute Gasteiger partial charge is 0.493 e. The zero-order chi connectivity index (χ0) is 20.9. The fourth-order valence-electron chi connectivity index (χ4n) is 3.43. The first-order valence-electron chi connectivity index (χ1n) is 9.73. The smallest absolute Gasteiger partial charge is 0.325 e. The molecule has 2 heterocycles. The summed E-state index contributed by atoms with van der Waals surface area (Å²) in [5.74, 6) is 0.196.